The molecular formula is C17H32NNaO6. The van der Waals surface area contributed by atoms with Crippen molar-refractivity contribution >= 4 is 17.9 Å². The summed E-state index contributed by atoms with van der Waals surface area (Å²) < 4.78 is 0. The summed E-state index contributed by atoms with van der Waals surface area (Å²) in [5.74, 6) is -3.13. The van der Waals surface area contributed by atoms with Gasteiger partial charge in [-0.15, -0.1) is 0 Å². The van der Waals surface area contributed by atoms with E-state index >= 15 is 0 Å². The van der Waals surface area contributed by atoms with E-state index in [4.69, 9.17) is 15.9 Å². The van der Waals surface area contributed by atoms with Gasteiger partial charge < -0.3 is 25.8 Å². The smallest absolute Gasteiger partial charge is 0.548 e. The molecule has 0 saturated carbocycles. The zero-order chi connectivity index (χ0) is 18.8. The largest absolute Gasteiger partial charge is 1.00 e. The van der Waals surface area contributed by atoms with Gasteiger partial charge in [0.1, 0.15) is 0 Å². The SMILES string of the molecule is CCCCCCCCCCCC(=O)O.NC(CCC(=O)O)C(=O)[O-].[Na+]. The summed E-state index contributed by atoms with van der Waals surface area (Å²) >= 11 is 0. The molecule has 0 spiro atoms. The predicted molar refractivity (Wildman–Crippen MR) is 89.3 cm³/mol. The van der Waals surface area contributed by atoms with Crippen LogP contribution in [0.2, 0.25) is 0 Å². The quantitative estimate of drug-likeness (QED) is 0.261. The number of carboxylic acid groups (broad SMARTS) is 3. The molecule has 1 unspecified atom stereocenters. The second kappa shape index (κ2) is 21.4. The van der Waals surface area contributed by atoms with Crippen molar-refractivity contribution in [3.8, 4) is 0 Å². The Bertz CT molecular complexity index is 352. The second-order valence-corrected chi connectivity index (χ2v) is 5.83. The molecule has 4 N–H and O–H groups in total. The van der Waals surface area contributed by atoms with Crippen molar-refractivity contribution in [3.05, 3.63) is 0 Å². The molecule has 8 heteroatoms. The molecule has 0 aliphatic rings. The van der Waals surface area contributed by atoms with Crippen molar-refractivity contribution in [1.29, 1.82) is 0 Å². The van der Waals surface area contributed by atoms with Crippen molar-refractivity contribution in [2.45, 2.75) is 90.0 Å². The molecule has 0 fully saturated rings. The monoisotopic (exact) mass is 369 g/mol. The van der Waals surface area contributed by atoms with Gasteiger partial charge >= 0.3 is 41.5 Å². The number of carboxylic acids is 3. The first kappa shape index (κ1) is 29.1. The van der Waals surface area contributed by atoms with E-state index in [0.29, 0.717) is 6.42 Å². The van der Waals surface area contributed by atoms with Crippen molar-refractivity contribution in [1.82, 2.24) is 0 Å². The van der Waals surface area contributed by atoms with E-state index in [1.54, 1.807) is 0 Å². The maximum atomic E-state index is 10.2. The van der Waals surface area contributed by atoms with E-state index in [1.165, 1.54) is 44.9 Å². The van der Waals surface area contributed by atoms with Crippen LogP contribution in [0.3, 0.4) is 0 Å². The van der Waals surface area contributed by atoms with Gasteiger partial charge in [-0.1, -0.05) is 58.3 Å². The molecule has 0 aromatic rings. The molecule has 7 nitrogen and oxygen atoms in total. The van der Waals surface area contributed by atoms with E-state index in [0.717, 1.165) is 12.8 Å². The summed E-state index contributed by atoms with van der Waals surface area (Å²) in [6, 6.07) is -1.17. The zero-order valence-corrected chi connectivity index (χ0v) is 17.7. The van der Waals surface area contributed by atoms with Gasteiger partial charge in [-0.3, -0.25) is 9.59 Å². The Morgan fingerprint density at radius 2 is 1.24 bits per heavy atom. The molecule has 0 aliphatic heterocycles. The number of unbranched alkanes of at least 4 members (excludes halogenated alkanes) is 8. The fourth-order valence-electron chi connectivity index (χ4n) is 1.98. The molecule has 25 heavy (non-hydrogen) atoms. The summed E-state index contributed by atoms with van der Waals surface area (Å²) in [6.45, 7) is 2.23. The summed E-state index contributed by atoms with van der Waals surface area (Å²) in [6.07, 6.45) is 11.2. The number of hydrogen-bond acceptors (Lipinski definition) is 5. The molecule has 1 atom stereocenters. The number of aliphatic carboxylic acids is 3. The zero-order valence-electron chi connectivity index (χ0n) is 15.7. The Labute approximate surface area is 172 Å². The van der Waals surface area contributed by atoms with E-state index in [1.807, 2.05) is 0 Å². The van der Waals surface area contributed by atoms with Gasteiger partial charge in [0.15, 0.2) is 0 Å². The molecule has 0 aromatic heterocycles. The van der Waals surface area contributed by atoms with E-state index in [-0.39, 0.29) is 42.4 Å². The van der Waals surface area contributed by atoms with Gasteiger partial charge in [-0.2, -0.15) is 0 Å². The first-order chi connectivity index (χ1) is 11.3. The number of carbonyl (C=O) groups is 3. The van der Waals surface area contributed by atoms with Gasteiger partial charge in [0.2, 0.25) is 0 Å². The van der Waals surface area contributed by atoms with Crippen LogP contribution in [0.25, 0.3) is 0 Å². The van der Waals surface area contributed by atoms with Gasteiger partial charge in [-0.25, -0.2) is 0 Å². The maximum Gasteiger partial charge on any atom is 1.00 e. The van der Waals surface area contributed by atoms with Crippen molar-refractivity contribution < 1.29 is 59.3 Å². The molecule has 0 bridgehead atoms. The van der Waals surface area contributed by atoms with Crippen LogP contribution < -0.4 is 40.4 Å². The Morgan fingerprint density at radius 1 is 0.840 bits per heavy atom. The van der Waals surface area contributed by atoms with Crippen molar-refractivity contribution in [3.63, 3.8) is 0 Å². The third-order valence-corrected chi connectivity index (χ3v) is 3.47. The van der Waals surface area contributed by atoms with E-state index < -0.39 is 23.9 Å². The van der Waals surface area contributed by atoms with Crippen LogP contribution in [-0.2, 0) is 14.4 Å². The Morgan fingerprint density at radius 3 is 1.60 bits per heavy atom. The molecule has 0 saturated heterocycles. The molecule has 0 aliphatic carbocycles. The fourth-order valence-corrected chi connectivity index (χ4v) is 1.98. The molecule has 0 amide bonds. The predicted octanol–water partition coefficient (Wildman–Crippen LogP) is -1.08. The third kappa shape index (κ3) is 28.4. The van der Waals surface area contributed by atoms with Crippen molar-refractivity contribution in [2.75, 3.05) is 0 Å². The minimum atomic E-state index is -1.42. The second-order valence-electron chi connectivity index (χ2n) is 5.83. The standard InChI is InChI=1S/C12H24O2.C5H9NO4.Na/c1-2-3-4-5-6-7-8-9-10-11-12(13)14;6-3(5(9)10)1-2-4(7)8;/h2-11H2,1H3,(H,13,14);3H,1-2,6H2,(H,7,8)(H,9,10);/q;;+1/p-1. The molecule has 0 rings (SSSR count). The summed E-state index contributed by atoms with van der Waals surface area (Å²) in [5, 5.41) is 26.4. The number of nitrogens with two attached hydrogens (primary N) is 1. The topological polar surface area (TPSA) is 141 Å². The molecule has 0 aromatic carbocycles. The molecular weight excluding hydrogens is 337 g/mol. The van der Waals surface area contributed by atoms with E-state index in [2.05, 4.69) is 6.92 Å². The van der Waals surface area contributed by atoms with Crippen LogP contribution in [0.4, 0.5) is 0 Å². The van der Waals surface area contributed by atoms with Crippen LogP contribution >= 0.6 is 0 Å². The average Bonchev–Trinajstić information content (AvgIpc) is 2.51. The summed E-state index contributed by atoms with van der Waals surface area (Å²) in [4.78, 5) is 29.9. The third-order valence-electron chi connectivity index (χ3n) is 3.47. The van der Waals surface area contributed by atoms with Gasteiger partial charge in [0, 0.05) is 18.9 Å². The number of carbonyl (C=O) groups excluding carboxylic acids is 1. The maximum absolute atomic E-state index is 10.2. The molecule has 0 radical (unpaired) electrons. The minimum Gasteiger partial charge on any atom is -0.548 e. The average molecular weight is 369 g/mol. The molecule has 142 valence electrons. The van der Waals surface area contributed by atoms with Crippen molar-refractivity contribution in [2.24, 2.45) is 5.73 Å². The van der Waals surface area contributed by atoms with Gasteiger partial charge in [0.05, 0.1) is 5.97 Å². The Balaban J connectivity index is -0.000000392. The van der Waals surface area contributed by atoms with Gasteiger partial charge in [0.25, 0.3) is 0 Å². The first-order valence-corrected chi connectivity index (χ1v) is 8.71. The minimum absolute atomic E-state index is 0. The first-order valence-electron chi connectivity index (χ1n) is 8.71. The van der Waals surface area contributed by atoms with Gasteiger partial charge in [-0.05, 0) is 12.8 Å². The number of hydrogen-bond donors (Lipinski definition) is 3. The van der Waals surface area contributed by atoms with E-state index in [9.17, 15) is 19.5 Å². The van der Waals surface area contributed by atoms with Crippen LogP contribution in [0.15, 0.2) is 0 Å². The number of rotatable bonds is 14. The van der Waals surface area contributed by atoms with Crippen LogP contribution in [0.5, 0.6) is 0 Å². The Hall–Kier alpha value is -0.630. The van der Waals surface area contributed by atoms with Crippen LogP contribution in [-0.4, -0.2) is 34.2 Å². The Kier molecular flexibility index (Phi) is 25.0. The molecule has 0 heterocycles. The summed E-state index contributed by atoms with van der Waals surface area (Å²) in [7, 11) is 0. The fraction of sp³-hybridized carbons (Fsp3) is 0.824. The summed E-state index contributed by atoms with van der Waals surface area (Å²) in [5.41, 5.74) is 4.94. The van der Waals surface area contributed by atoms with Crippen LogP contribution in [0.1, 0.15) is 84.0 Å². The van der Waals surface area contributed by atoms with Crippen LogP contribution in [0, 0.1) is 0 Å². The normalized spacial score (nSPS) is 10.8.